The molecule has 0 saturated carbocycles. The van der Waals surface area contributed by atoms with Crippen molar-refractivity contribution in [3.8, 4) is 0 Å². The summed E-state index contributed by atoms with van der Waals surface area (Å²) in [6, 6.07) is 0. The summed E-state index contributed by atoms with van der Waals surface area (Å²) in [5, 5.41) is 0. The largest absolute Gasteiger partial charge is 0.134 e. The van der Waals surface area contributed by atoms with E-state index in [1.54, 1.807) is 11.8 Å². The minimum Gasteiger partial charge on any atom is -0.134 e. The predicted molar refractivity (Wildman–Crippen MR) is 42.1 cm³/mol. The second-order valence-corrected chi connectivity index (χ2v) is 2.38. The molecule has 0 nitrogen and oxygen atoms in total. The van der Waals surface area contributed by atoms with Crippen LogP contribution in [0, 0.1) is 0 Å². The Labute approximate surface area is 55.7 Å². The van der Waals surface area contributed by atoms with E-state index in [2.05, 4.69) is 25.8 Å². The SMILES string of the molecule is C=CC/C(=C/C)SC. The van der Waals surface area contributed by atoms with Crippen molar-refractivity contribution in [2.75, 3.05) is 6.26 Å². The molecule has 0 aliphatic heterocycles. The number of allylic oxidation sites excluding steroid dienone is 3. The second kappa shape index (κ2) is 4.98. The first-order chi connectivity index (χ1) is 3.85. The fraction of sp³-hybridized carbons (Fsp3) is 0.429. The van der Waals surface area contributed by atoms with Gasteiger partial charge in [0.05, 0.1) is 0 Å². The summed E-state index contributed by atoms with van der Waals surface area (Å²) >= 11 is 1.78. The molecule has 1 heteroatoms. The molecule has 0 saturated heterocycles. The zero-order chi connectivity index (χ0) is 6.41. The number of hydrogen-bond acceptors (Lipinski definition) is 1. The van der Waals surface area contributed by atoms with Gasteiger partial charge >= 0.3 is 0 Å². The van der Waals surface area contributed by atoms with Crippen LogP contribution in [-0.4, -0.2) is 6.26 Å². The molecule has 0 fully saturated rings. The molecule has 0 spiro atoms. The minimum atomic E-state index is 1.01. The molecule has 0 aromatic carbocycles. The van der Waals surface area contributed by atoms with Crippen LogP contribution in [0.25, 0.3) is 0 Å². The highest BCUT2D eigenvalue weighted by atomic mass is 32.2. The van der Waals surface area contributed by atoms with Crippen LogP contribution in [-0.2, 0) is 0 Å². The molecule has 0 aromatic rings. The molecule has 0 heterocycles. The monoisotopic (exact) mass is 128 g/mol. The lowest BCUT2D eigenvalue weighted by Gasteiger charge is -1.94. The van der Waals surface area contributed by atoms with Gasteiger partial charge in [0.1, 0.15) is 0 Å². The zero-order valence-electron chi connectivity index (χ0n) is 5.48. The lowest BCUT2D eigenvalue weighted by molar-refractivity contribution is 1.36. The Morgan fingerprint density at radius 3 is 2.50 bits per heavy atom. The topological polar surface area (TPSA) is 0 Å². The second-order valence-electron chi connectivity index (χ2n) is 1.45. The van der Waals surface area contributed by atoms with Crippen molar-refractivity contribution in [3.05, 3.63) is 23.6 Å². The van der Waals surface area contributed by atoms with E-state index in [-0.39, 0.29) is 0 Å². The van der Waals surface area contributed by atoms with Crippen LogP contribution in [0.1, 0.15) is 13.3 Å². The fourth-order valence-electron chi connectivity index (χ4n) is 0.461. The molecule has 0 aliphatic carbocycles. The molecular formula is C7H12S. The van der Waals surface area contributed by atoms with E-state index in [0.29, 0.717) is 0 Å². The third kappa shape index (κ3) is 2.92. The Kier molecular flexibility index (Phi) is 4.87. The van der Waals surface area contributed by atoms with Gasteiger partial charge in [-0.25, -0.2) is 0 Å². The van der Waals surface area contributed by atoms with E-state index in [4.69, 9.17) is 0 Å². The molecule has 0 aliphatic rings. The van der Waals surface area contributed by atoms with Crippen molar-refractivity contribution in [1.29, 1.82) is 0 Å². The molecule has 0 N–H and O–H groups in total. The first-order valence-corrected chi connectivity index (χ1v) is 3.87. The van der Waals surface area contributed by atoms with Crippen LogP contribution < -0.4 is 0 Å². The van der Waals surface area contributed by atoms with Crippen molar-refractivity contribution in [2.45, 2.75) is 13.3 Å². The maximum absolute atomic E-state index is 3.64. The van der Waals surface area contributed by atoms with Crippen LogP contribution in [0.15, 0.2) is 23.6 Å². The van der Waals surface area contributed by atoms with Crippen molar-refractivity contribution >= 4 is 11.8 Å². The highest BCUT2D eigenvalue weighted by Gasteiger charge is 1.84. The summed E-state index contributed by atoms with van der Waals surface area (Å²) in [6.45, 7) is 5.69. The van der Waals surface area contributed by atoms with Crippen molar-refractivity contribution < 1.29 is 0 Å². The Morgan fingerprint density at radius 2 is 2.38 bits per heavy atom. The van der Waals surface area contributed by atoms with E-state index in [1.807, 2.05) is 6.08 Å². The van der Waals surface area contributed by atoms with Gasteiger partial charge in [-0.2, -0.15) is 0 Å². The molecule has 0 atom stereocenters. The van der Waals surface area contributed by atoms with Gasteiger partial charge in [0.2, 0.25) is 0 Å². The van der Waals surface area contributed by atoms with Crippen LogP contribution in [0.5, 0.6) is 0 Å². The van der Waals surface area contributed by atoms with Crippen LogP contribution in [0.4, 0.5) is 0 Å². The van der Waals surface area contributed by atoms with Gasteiger partial charge in [0, 0.05) is 0 Å². The standard InChI is InChI=1S/C7H12S/c1-4-6-7(5-2)8-3/h4-5H,1,6H2,2-3H3/b7-5-. The molecule has 8 heavy (non-hydrogen) atoms. The van der Waals surface area contributed by atoms with E-state index in [1.165, 1.54) is 4.91 Å². The van der Waals surface area contributed by atoms with Gasteiger partial charge < -0.3 is 0 Å². The Hall–Kier alpha value is -0.170. The van der Waals surface area contributed by atoms with Crippen LogP contribution in [0.2, 0.25) is 0 Å². The molecular weight excluding hydrogens is 116 g/mol. The summed E-state index contributed by atoms with van der Waals surface area (Å²) in [4.78, 5) is 1.39. The summed E-state index contributed by atoms with van der Waals surface area (Å²) in [5.74, 6) is 0. The number of thioether (sulfide) groups is 1. The van der Waals surface area contributed by atoms with Gasteiger partial charge in [-0.3, -0.25) is 0 Å². The maximum Gasteiger partial charge on any atom is -0.00434 e. The van der Waals surface area contributed by atoms with Crippen molar-refractivity contribution in [1.82, 2.24) is 0 Å². The smallest absolute Gasteiger partial charge is 0.00434 e. The van der Waals surface area contributed by atoms with Gasteiger partial charge in [-0.05, 0) is 24.5 Å². The first-order valence-electron chi connectivity index (χ1n) is 2.65. The van der Waals surface area contributed by atoms with Gasteiger partial charge in [0.25, 0.3) is 0 Å². The lowest BCUT2D eigenvalue weighted by Crippen LogP contribution is -1.68. The van der Waals surface area contributed by atoms with Crippen molar-refractivity contribution in [2.24, 2.45) is 0 Å². The fourth-order valence-corrected chi connectivity index (χ4v) is 0.982. The van der Waals surface area contributed by atoms with Gasteiger partial charge in [0.15, 0.2) is 0 Å². The molecule has 0 bridgehead atoms. The lowest BCUT2D eigenvalue weighted by atomic mass is 10.4. The summed E-state index contributed by atoms with van der Waals surface area (Å²) in [5.41, 5.74) is 0. The summed E-state index contributed by atoms with van der Waals surface area (Å²) < 4.78 is 0. The maximum atomic E-state index is 3.64. The molecule has 0 amide bonds. The Balaban J connectivity index is 3.53. The molecule has 46 valence electrons. The predicted octanol–water partition coefficient (Wildman–Crippen LogP) is 2.83. The molecule has 0 rings (SSSR count). The van der Waals surface area contributed by atoms with Gasteiger partial charge in [-0.15, -0.1) is 18.3 Å². The Bertz CT molecular complexity index is 92.6. The normalized spacial score (nSPS) is 11.5. The van der Waals surface area contributed by atoms with E-state index in [9.17, 15) is 0 Å². The number of hydrogen-bond donors (Lipinski definition) is 0. The average Bonchev–Trinajstić information content (AvgIpc) is 1.83. The van der Waals surface area contributed by atoms with Crippen LogP contribution in [0.3, 0.4) is 0 Å². The quantitative estimate of drug-likeness (QED) is 0.527. The summed E-state index contributed by atoms with van der Waals surface area (Å²) in [6.07, 6.45) is 7.13. The average molecular weight is 128 g/mol. The first kappa shape index (κ1) is 7.83. The third-order valence-corrected chi connectivity index (χ3v) is 1.86. The van der Waals surface area contributed by atoms with Crippen molar-refractivity contribution in [3.63, 3.8) is 0 Å². The van der Waals surface area contributed by atoms with E-state index < -0.39 is 0 Å². The number of rotatable bonds is 3. The highest BCUT2D eigenvalue weighted by molar-refractivity contribution is 8.02. The zero-order valence-corrected chi connectivity index (χ0v) is 6.29. The van der Waals surface area contributed by atoms with Crippen LogP contribution >= 0.6 is 11.8 Å². The van der Waals surface area contributed by atoms with Gasteiger partial charge in [-0.1, -0.05) is 12.2 Å². The molecule has 0 unspecified atom stereocenters. The Morgan fingerprint density at radius 1 is 1.75 bits per heavy atom. The van der Waals surface area contributed by atoms with E-state index in [0.717, 1.165) is 6.42 Å². The highest BCUT2D eigenvalue weighted by Crippen LogP contribution is 2.14. The van der Waals surface area contributed by atoms with E-state index >= 15 is 0 Å². The third-order valence-electron chi connectivity index (χ3n) is 0.930. The molecule has 0 aromatic heterocycles. The minimum absolute atomic E-state index is 1.01. The molecule has 0 radical (unpaired) electrons. The summed E-state index contributed by atoms with van der Waals surface area (Å²) in [7, 11) is 0.